The zero-order valence-corrected chi connectivity index (χ0v) is 21.8. The number of fused-ring (bicyclic) bond motifs is 3. The highest BCUT2D eigenvalue weighted by Gasteiger charge is 2.44. The van der Waals surface area contributed by atoms with Crippen LogP contribution in [0.4, 0.5) is 17.6 Å². The van der Waals surface area contributed by atoms with Crippen molar-refractivity contribution >= 4 is 39.1 Å². The molecule has 2 N–H and O–H groups in total. The van der Waals surface area contributed by atoms with Crippen LogP contribution in [0, 0.1) is 18.3 Å². The van der Waals surface area contributed by atoms with E-state index in [0.717, 1.165) is 58.5 Å². The molecule has 0 spiro atoms. The Morgan fingerprint density at radius 2 is 2.03 bits per heavy atom. The number of nitriles is 1. The van der Waals surface area contributed by atoms with Gasteiger partial charge in [-0.3, -0.25) is 9.58 Å². The van der Waals surface area contributed by atoms with Crippen LogP contribution >= 0.6 is 11.3 Å². The van der Waals surface area contributed by atoms with E-state index in [2.05, 4.69) is 31.3 Å². The number of aliphatic hydroxyl groups excluding tert-OH is 1. The summed E-state index contributed by atoms with van der Waals surface area (Å²) in [7, 11) is 0. The second-order valence-corrected chi connectivity index (χ2v) is 11.2. The van der Waals surface area contributed by atoms with Crippen LogP contribution in [-0.4, -0.2) is 78.0 Å². The molecule has 0 saturated carbocycles. The summed E-state index contributed by atoms with van der Waals surface area (Å²) in [6.45, 7) is 8.35. The summed E-state index contributed by atoms with van der Waals surface area (Å²) >= 11 is 1.54. The number of anilines is 3. The predicted molar refractivity (Wildman–Crippen MR) is 142 cm³/mol. The smallest absolute Gasteiger partial charge is 0.227 e. The molecule has 37 heavy (non-hydrogen) atoms. The molecule has 2 aliphatic heterocycles. The van der Waals surface area contributed by atoms with Crippen LogP contribution in [-0.2, 0) is 5.54 Å². The number of aryl methyl sites for hydroxylation is 1. The van der Waals surface area contributed by atoms with Gasteiger partial charge in [0.1, 0.15) is 22.2 Å². The van der Waals surface area contributed by atoms with Gasteiger partial charge in [-0.1, -0.05) is 0 Å². The molecule has 6 rings (SSSR count). The van der Waals surface area contributed by atoms with Crippen molar-refractivity contribution in [3.63, 3.8) is 0 Å². The molecule has 6 heterocycles. The number of hydrogen-bond acceptors (Lipinski definition) is 11. The van der Waals surface area contributed by atoms with Crippen molar-refractivity contribution < 1.29 is 5.11 Å². The average Bonchev–Trinajstić information content (AvgIpc) is 3.66. The number of β-amino-alcohol motifs (C(OH)–C–C–N with tert-alkyl or cyclic N) is 1. The van der Waals surface area contributed by atoms with Crippen LogP contribution < -0.4 is 10.2 Å². The number of pyridine rings is 1. The Morgan fingerprint density at radius 1 is 1.16 bits per heavy atom. The van der Waals surface area contributed by atoms with E-state index in [4.69, 9.17) is 15.0 Å². The summed E-state index contributed by atoms with van der Waals surface area (Å²) in [6, 6.07) is 6.91. The van der Waals surface area contributed by atoms with Gasteiger partial charge in [-0.15, -0.1) is 11.3 Å². The van der Waals surface area contributed by atoms with Crippen molar-refractivity contribution in [2.24, 2.45) is 0 Å². The SMILES string of the molecule is Cc1cc(Nc2cc3nc(-c4cnn(C(C)(C)C#N)c4)sc3cn2)nc(N2C[C@@H]3C[C@H]2CN3CCO)n1. The molecule has 0 radical (unpaired) electrons. The monoisotopic (exact) mass is 516 g/mol. The van der Waals surface area contributed by atoms with Gasteiger partial charge in [0.25, 0.3) is 0 Å². The largest absolute Gasteiger partial charge is 0.395 e. The summed E-state index contributed by atoms with van der Waals surface area (Å²) in [5.74, 6) is 2.08. The minimum atomic E-state index is -0.727. The third-order valence-electron chi connectivity index (χ3n) is 7.05. The first-order chi connectivity index (χ1) is 17.8. The standard InChI is InChI=1S/C25H28N10OS/c1-15-6-22(32-24(29-15)34-13-17-7-18(34)12-33(17)4-5-36)31-21-8-19-20(10-27-21)37-23(30-19)16-9-28-35(11-16)25(2,3)14-26/h6,8-11,17-18,36H,4-5,7,12-13H2,1-3H3,(H,27,29,31,32)/t17-,18-/m0/s1. The number of aromatic nitrogens is 6. The van der Waals surface area contributed by atoms with Crippen LogP contribution in [0.15, 0.2) is 30.7 Å². The lowest BCUT2D eigenvalue weighted by Gasteiger charge is -2.34. The molecule has 12 heteroatoms. The van der Waals surface area contributed by atoms with E-state index in [1.165, 1.54) is 11.3 Å². The number of hydrogen-bond donors (Lipinski definition) is 2. The van der Waals surface area contributed by atoms with E-state index in [-0.39, 0.29) is 6.61 Å². The van der Waals surface area contributed by atoms with Gasteiger partial charge in [-0.25, -0.2) is 15.0 Å². The number of nitrogens with one attached hydrogen (secondary N) is 1. The van der Waals surface area contributed by atoms with Crippen molar-refractivity contribution in [2.75, 3.05) is 36.5 Å². The molecule has 0 unspecified atom stereocenters. The summed E-state index contributed by atoms with van der Waals surface area (Å²) in [6.07, 6.45) is 6.49. The topological polar surface area (TPSA) is 132 Å². The number of piperazine rings is 1. The van der Waals surface area contributed by atoms with E-state index in [9.17, 15) is 10.4 Å². The molecule has 0 aliphatic carbocycles. The summed E-state index contributed by atoms with van der Waals surface area (Å²) in [5, 5.41) is 27.2. The third-order valence-corrected chi connectivity index (χ3v) is 8.10. The molecule has 0 aromatic carbocycles. The summed E-state index contributed by atoms with van der Waals surface area (Å²) in [5.41, 5.74) is 1.86. The minimum absolute atomic E-state index is 0.194. The Balaban J connectivity index is 1.22. The molecular weight excluding hydrogens is 488 g/mol. The number of likely N-dealkylation sites (tertiary alicyclic amines) is 1. The number of aliphatic hydroxyl groups is 1. The molecule has 2 atom stereocenters. The van der Waals surface area contributed by atoms with Gasteiger partial charge < -0.3 is 15.3 Å². The lowest BCUT2D eigenvalue weighted by atomic mass is 10.1. The maximum absolute atomic E-state index is 9.39. The molecule has 2 fully saturated rings. The lowest BCUT2D eigenvalue weighted by molar-refractivity contribution is 0.176. The maximum atomic E-state index is 9.39. The highest BCUT2D eigenvalue weighted by molar-refractivity contribution is 7.21. The second kappa shape index (κ2) is 9.02. The van der Waals surface area contributed by atoms with Crippen molar-refractivity contribution in [3.8, 4) is 16.6 Å². The molecule has 2 saturated heterocycles. The Hall–Kier alpha value is -3.66. The average molecular weight is 517 g/mol. The quantitative estimate of drug-likeness (QED) is 0.378. The van der Waals surface area contributed by atoms with Crippen molar-refractivity contribution in [3.05, 3.63) is 36.4 Å². The van der Waals surface area contributed by atoms with Crippen LogP contribution in [0.2, 0.25) is 0 Å². The van der Waals surface area contributed by atoms with Gasteiger partial charge in [-0.2, -0.15) is 15.3 Å². The van der Waals surface area contributed by atoms with Gasteiger partial charge in [0.05, 0.1) is 29.1 Å². The fraction of sp³-hybridized carbons (Fsp3) is 0.440. The van der Waals surface area contributed by atoms with Crippen LogP contribution in [0.25, 0.3) is 20.8 Å². The lowest BCUT2D eigenvalue weighted by Crippen LogP contribution is -2.47. The first-order valence-corrected chi connectivity index (χ1v) is 13.1. The van der Waals surface area contributed by atoms with E-state index in [0.29, 0.717) is 23.7 Å². The highest BCUT2D eigenvalue weighted by Crippen LogP contribution is 2.34. The number of nitrogens with zero attached hydrogens (tertiary/aromatic N) is 9. The van der Waals surface area contributed by atoms with E-state index < -0.39 is 5.54 Å². The van der Waals surface area contributed by atoms with Crippen LogP contribution in [0.3, 0.4) is 0 Å². The van der Waals surface area contributed by atoms with Crippen LogP contribution in [0.5, 0.6) is 0 Å². The van der Waals surface area contributed by atoms with Crippen molar-refractivity contribution in [1.82, 2.24) is 34.6 Å². The molecule has 4 aromatic rings. The molecule has 11 nitrogen and oxygen atoms in total. The van der Waals surface area contributed by atoms with Crippen molar-refractivity contribution in [1.29, 1.82) is 5.26 Å². The predicted octanol–water partition coefficient (Wildman–Crippen LogP) is 2.91. The molecule has 2 bridgehead atoms. The molecule has 2 aliphatic rings. The highest BCUT2D eigenvalue weighted by atomic mass is 32.1. The second-order valence-electron chi connectivity index (χ2n) is 10.1. The molecule has 0 amide bonds. The Labute approximate surface area is 218 Å². The number of rotatable bonds is 7. The van der Waals surface area contributed by atoms with Crippen molar-refractivity contribution in [2.45, 2.75) is 44.8 Å². The van der Waals surface area contributed by atoms with E-state index >= 15 is 0 Å². The van der Waals surface area contributed by atoms with E-state index in [1.54, 1.807) is 10.9 Å². The van der Waals surface area contributed by atoms with Gasteiger partial charge in [0, 0.05) is 67.5 Å². The van der Waals surface area contributed by atoms with Gasteiger partial charge in [0.2, 0.25) is 5.95 Å². The Kier molecular flexibility index (Phi) is 5.78. The zero-order chi connectivity index (χ0) is 25.7. The fourth-order valence-corrected chi connectivity index (χ4v) is 5.98. The van der Waals surface area contributed by atoms with Gasteiger partial charge in [0.15, 0.2) is 0 Å². The molecule has 4 aromatic heterocycles. The van der Waals surface area contributed by atoms with Crippen LogP contribution in [0.1, 0.15) is 26.0 Å². The Bertz CT molecular complexity index is 1500. The van der Waals surface area contributed by atoms with Gasteiger partial charge in [-0.05, 0) is 27.2 Å². The number of thiazole rings is 1. The maximum Gasteiger partial charge on any atom is 0.227 e. The third kappa shape index (κ3) is 4.39. The molecular formula is C25H28N10OS. The van der Waals surface area contributed by atoms with E-state index in [1.807, 2.05) is 45.3 Å². The first-order valence-electron chi connectivity index (χ1n) is 12.3. The summed E-state index contributed by atoms with van der Waals surface area (Å²) in [4.78, 5) is 23.5. The first kappa shape index (κ1) is 23.7. The minimum Gasteiger partial charge on any atom is -0.395 e. The van der Waals surface area contributed by atoms with Gasteiger partial charge >= 0.3 is 0 Å². The molecule has 190 valence electrons. The fourth-order valence-electron chi connectivity index (χ4n) is 5.09. The zero-order valence-electron chi connectivity index (χ0n) is 21.0. The summed E-state index contributed by atoms with van der Waals surface area (Å²) < 4.78 is 2.62. The Morgan fingerprint density at radius 3 is 2.78 bits per heavy atom. The normalized spacial score (nSPS) is 19.6.